The van der Waals surface area contributed by atoms with Crippen LogP contribution in [-0.4, -0.2) is 10.7 Å². The van der Waals surface area contributed by atoms with Crippen molar-refractivity contribution in [1.82, 2.24) is 4.98 Å². The number of rotatable bonds is 4. The molecule has 76 valence electrons. The van der Waals surface area contributed by atoms with Crippen molar-refractivity contribution in [2.45, 2.75) is 5.75 Å². The van der Waals surface area contributed by atoms with Crippen molar-refractivity contribution in [2.75, 3.05) is 5.75 Å². The van der Waals surface area contributed by atoms with Crippen molar-refractivity contribution in [3.8, 4) is 0 Å². The lowest BCUT2D eigenvalue weighted by Crippen LogP contribution is -1.88. The fourth-order valence-corrected chi connectivity index (χ4v) is 2.09. The molecule has 0 aliphatic rings. The molecule has 0 radical (unpaired) electrons. The third-order valence-corrected chi connectivity index (χ3v) is 3.11. The summed E-state index contributed by atoms with van der Waals surface area (Å²) in [7, 11) is 0. The summed E-state index contributed by atoms with van der Waals surface area (Å²) in [5.74, 6) is 1.94. The number of hydrogen-bond donors (Lipinski definition) is 0. The van der Waals surface area contributed by atoms with Gasteiger partial charge in [0.2, 0.25) is 0 Å². The zero-order valence-electron chi connectivity index (χ0n) is 8.52. The van der Waals surface area contributed by atoms with Crippen LogP contribution in [0.15, 0.2) is 49.1 Å². The summed E-state index contributed by atoms with van der Waals surface area (Å²) in [6, 6.07) is 12.4. The number of aromatic nitrogens is 1. The third-order valence-electron chi connectivity index (χ3n) is 2.14. The number of nitrogens with zero attached hydrogens (tertiary/aromatic N) is 1. The number of para-hydroxylation sites is 1. The lowest BCUT2D eigenvalue weighted by molar-refractivity contribution is 1.22. The Kier molecular flexibility index (Phi) is 3.41. The number of pyridine rings is 1. The second-order valence-corrected chi connectivity index (χ2v) is 4.33. The van der Waals surface area contributed by atoms with E-state index in [1.807, 2.05) is 30.0 Å². The van der Waals surface area contributed by atoms with Gasteiger partial charge < -0.3 is 0 Å². The van der Waals surface area contributed by atoms with Crippen LogP contribution in [0.3, 0.4) is 0 Å². The van der Waals surface area contributed by atoms with Crippen LogP contribution in [0.2, 0.25) is 0 Å². The van der Waals surface area contributed by atoms with Gasteiger partial charge in [0.15, 0.2) is 0 Å². The van der Waals surface area contributed by atoms with Gasteiger partial charge in [0.25, 0.3) is 0 Å². The zero-order valence-corrected chi connectivity index (χ0v) is 9.33. The molecule has 1 aromatic carbocycles. The maximum absolute atomic E-state index is 4.59. The highest BCUT2D eigenvalue weighted by molar-refractivity contribution is 7.98. The van der Waals surface area contributed by atoms with Crippen molar-refractivity contribution < 1.29 is 0 Å². The highest BCUT2D eigenvalue weighted by atomic mass is 32.2. The maximum atomic E-state index is 4.59. The second kappa shape index (κ2) is 4.99. The van der Waals surface area contributed by atoms with E-state index in [2.05, 4.69) is 35.8 Å². The molecule has 0 bridgehead atoms. The van der Waals surface area contributed by atoms with Gasteiger partial charge in [0.1, 0.15) is 0 Å². The molecule has 0 unspecified atom stereocenters. The van der Waals surface area contributed by atoms with Crippen LogP contribution in [0.25, 0.3) is 10.9 Å². The minimum absolute atomic E-state index is 0.955. The Morgan fingerprint density at radius 1 is 1.20 bits per heavy atom. The average Bonchev–Trinajstić information content (AvgIpc) is 2.29. The standard InChI is InChI=1S/C13H13NS/c1-2-9-15-10-12-8-7-11-5-3-4-6-13(11)14-12/h2-8H,1,9-10H2. The predicted octanol–water partition coefficient (Wildman–Crippen LogP) is 3.65. The third kappa shape index (κ3) is 2.60. The van der Waals surface area contributed by atoms with Crippen molar-refractivity contribution in [3.05, 3.63) is 54.7 Å². The van der Waals surface area contributed by atoms with Gasteiger partial charge >= 0.3 is 0 Å². The van der Waals surface area contributed by atoms with Crippen LogP contribution in [0.4, 0.5) is 0 Å². The summed E-state index contributed by atoms with van der Waals surface area (Å²) in [6.07, 6.45) is 1.92. The van der Waals surface area contributed by atoms with Crippen LogP contribution < -0.4 is 0 Å². The predicted molar refractivity (Wildman–Crippen MR) is 68.1 cm³/mol. The van der Waals surface area contributed by atoms with Gasteiger partial charge in [-0.2, -0.15) is 11.8 Å². The first-order chi connectivity index (χ1) is 7.40. The van der Waals surface area contributed by atoms with Gasteiger partial charge in [-0.25, -0.2) is 0 Å². The van der Waals surface area contributed by atoms with Gasteiger partial charge in [0, 0.05) is 16.9 Å². The van der Waals surface area contributed by atoms with Gasteiger partial charge in [0.05, 0.1) is 11.2 Å². The van der Waals surface area contributed by atoms with Crippen LogP contribution >= 0.6 is 11.8 Å². The van der Waals surface area contributed by atoms with Gasteiger partial charge in [-0.15, -0.1) is 6.58 Å². The van der Waals surface area contributed by atoms with E-state index in [1.165, 1.54) is 5.39 Å². The molecule has 0 aliphatic carbocycles. The molecule has 2 rings (SSSR count). The quantitative estimate of drug-likeness (QED) is 0.570. The molecule has 2 heteroatoms. The fourth-order valence-electron chi connectivity index (χ4n) is 1.44. The van der Waals surface area contributed by atoms with E-state index in [1.54, 1.807) is 0 Å². The normalized spacial score (nSPS) is 10.4. The Bertz CT molecular complexity index is 465. The molecule has 0 amide bonds. The topological polar surface area (TPSA) is 12.9 Å². The summed E-state index contributed by atoms with van der Waals surface area (Å²) in [4.78, 5) is 4.59. The Labute approximate surface area is 94.2 Å². The van der Waals surface area contributed by atoms with E-state index in [9.17, 15) is 0 Å². The minimum atomic E-state index is 0.955. The van der Waals surface area contributed by atoms with E-state index in [-0.39, 0.29) is 0 Å². The molecule has 0 spiro atoms. The Hall–Kier alpha value is -1.28. The van der Waals surface area contributed by atoms with Crippen molar-refractivity contribution in [2.24, 2.45) is 0 Å². The second-order valence-electron chi connectivity index (χ2n) is 3.30. The molecule has 0 saturated carbocycles. The van der Waals surface area contributed by atoms with Crippen LogP contribution in [0, 0.1) is 0 Å². The van der Waals surface area contributed by atoms with E-state index in [0.717, 1.165) is 22.7 Å². The number of fused-ring (bicyclic) bond motifs is 1. The summed E-state index contributed by atoms with van der Waals surface area (Å²) in [5, 5.41) is 1.20. The van der Waals surface area contributed by atoms with Crippen LogP contribution in [0.1, 0.15) is 5.69 Å². The molecule has 1 aromatic heterocycles. The Balaban J connectivity index is 2.19. The minimum Gasteiger partial charge on any atom is -0.252 e. The zero-order chi connectivity index (χ0) is 10.5. The highest BCUT2D eigenvalue weighted by Gasteiger charge is 1.97. The first kappa shape index (κ1) is 10.2. The lowest BCUT2D eigenvalue weighted by atomic mass is 10.2. The van der Waals surface area contributed by atoms with Crippen molar-refractivity contribution >= 4 is 22.7 Å². The Morgan fingerprint density at radius 2 is 2.07 bits per heavy atom. The maximum Gasteiger partial charge on any atom is 0.0705 e. The van der Waals surface area contributed by atoms with E-state index < -0.39 is 0 Å². The molecule has 0 saturated heterocycles. The van der Waals surface area contributed by atoms with E-state index >= 15 is 0 Å². The highest BCUT2D eigenvalue weighted by Crippen LogP contribution is 2.15. The van der Waals surface area contributed by atoms with E-state index in [4.69, 9.17) is 0 Å². The van der Waals surface area contributed by atoms with E-state index in [0.29, 0.717) is 0 Å². The number of hydrogen-bond acceptors (Lipinski definition) is 2. The molecule has 0 N–H and O–H groups in total. The molecular formula is C13H13NS. The van der Waals surface area contributed by atoms with Crippen LogP contribution in [0.5, 0.6) is 0 Å². The first-order valence-corrected chi connectivity index (χ1v) is 6.09. The molecule has 0 atom stereocenters. The smallest absolute Gasteiger partial charge is 0.0705 e. The molecule has 0 fully saturated rings. The SMILES string of the molecule is C=CCSCc1ccc2ccccc2n1. The van der Waals surface area contributed by atoms with Crippen molar-refractivity contribution in [1.29, 1.82) is 0 Å². The molecule has 1 nitrogen and oxygen atoms in total. The fraction of sp³-hybridized carbons (Fsp3) is 0.154. The Morgan fingerprint density at radius 3 is 2.93 bits per heavy atom. The average molecular weight is 215 g/mol. The van der Waals surface area contributed by atoms with Gasteiger partial charge in [-0.1, -0.05) is 30.3 Å². The molecule has 2 aromatic rings. The monoisotopic (exact) mass is 215 g/mol. The number of thioether (sulfide) groups is 1. The lowest BCUT2D eigenvalue weighted by Gasteiger charge is -2.01. The molecule has 15 heavy (non-hydrogen) atoms. The summed E-state index contributed by atoms with van der Waals surface area (Å²) >= 11 is 1.83. The van der Waals surface area contributed by atoms with Crippen LogP contribution in [-0.2, 0) is 5.75 Å². The summed E-state index contributed by atoms with van der Waals surface area (Å²) < 4.78 is 0. The van der Waals surface area contributed by atoms with Gasteiger partial charge in [-0.05, 0) is 12.1 Å². The number of benzene rings is 1. The molecule has 1 heterocycles. The largest absolute Gasteiger partial charge is 0.252 e. The summed E-state index contributed by atoms with van der Waals surface area (Å²) in [5.41, 5.74) is 2.22. The van der Waals surface area contributed by atoms with Crippen molar-refractivity contribution in [3.63, 3.8) is 0 Å². The first-order valence-electron chi connectivity index (χ1n) is 4.93. The molecular weight excluding hydrogens is 202 g/mol. The summed E-state index contributed by atoms with van der Waals surface area (Å²) in [6.45, 7) is 3.70. The van der Waals surface area contributed by atoms with Gasteiger partial charge in [-0.3, -0.25) is 4.98 Å². The molecule has 0 aliphatic heterocycles.